The van der Waals surface area contributed by atoms with Crippen LogP contribution in [0.25, 0.3) is 11.0 Å². The van der Waals surface area contributed by atoms with Crippen molar-refractivity contribution >= 4 is 11.0 Å². The van der Waals surface area contributed by atoms with Gasteiger partial charge < -0.3 is 18.6 Å². The predicted molar refractivity (Wildman–Crippen MR) is 140 cm³/mol. The van der Waals surface area contributed by atoms with Crippen LogP contribution in [0, 0.1) is 13.8 Å². The van der Waals surface area contributed by atoms with Gasteiger partial charge in [0, 0.05) is 36.7 Å². The first-order chi connectivity index (χ1) is 17.4. The highest BCUT2D eigenvalue weighted by atomic mass is 16.5. The van der Waals surface area contributed by atoms with E-state index < -0.39 is 0 Å². The molecule has 6 nitrogen and oxygen atoms in total. The van der Waals surface area contributed by atoms with E-state index in [0.29, 0.717) is 23.5 Å². The van der Waals surface area contributed by atoms with E-state index >= 15 is 0 Å². The normalized spacial score (nSPS) is 13.4. The van der Waals surface area contributed by atoms with Gasteiger partial charge in [-0.3, -0.25) is 4.90 Å². The third-order valence-corrected chi connectivity index (χ3v) is 7.03. The minimum atomic E-state index is -0.303. The standard InChI is InChI=1S/C30H31NO5/c1-19-20(2)30(32)36-27-15-25(8-9-26(19)27)35-18-22-7-5-6-21(12-22)16-31-11-10-23-13-28(33-3)29(34-4)14-24(23)17-31/h5-9,12-15H,10-11,16-18H2,1-4H3. The van der Waals surface area contributed by atoms with E-state index in [-0.39, 0.29) is 5.63 Å². The molecule has 6 heteroatoms. The number of ether oxygens (including phenoxy) is 3. The fourth-order valence-corrected chi connectivity index (χ4v) is 4.84. The van der Waals surface area contributed by atoms with Crippen LogP contribution in [-0.2, 0) is 26.1 Å². The lowest BCUT2D eigenvalue weighted by atomic mass is 9.98. The summed E-state index contributed by atoms with van der Waals surface area (Å²) in [6.45, 7) is 6.89. The molecule has 0 aliphatic carbocycles. The number of nitrogens with zero attached hydrogens (tertiary/aromatic N) is 1. The molecule has 0 atom stereocenters. The summed E-state index contributed by atoms with van der Waals surface area (Å²) in [5.74, 6) is 2.24. The molecule has 36 heavy (non-hydrogen) atoms. The van der Waals surface area contributed by atoms with Crippen molar-refractivity contribution in [3.63, 3.8) is 0 Å². The minimum absolute atomic E-state index is 0.303. The fourth-order valence-electron chi connectivity index (χ4n) is 4.84. The molecule has 4 aromatic rings. The molecule has 0 saturated heterocycles. The third-order valence-electron chi connectivity index (χ3n) is 7.03. The van der Waals surface area contributed by atoms with Gasteiger partial charge in [-0.25, -0.2) is 4.79 Å². The van der Waals surface area contributed by atoms with Crippen molar-refractivity contribution in [2.24, 2.45) is 0 Å². The summed E-state index contributed by atoms with van der Waals surface area (Å²) in [6, 6.07) is 18.4. The summed E-state index contributed by atoms with van der Waals surface area (Å²) in [4.78, 5) is 14.5. The van der Waals surface area contributed by atoms with Crippen molar-refractivity contribution < 1.29 is 18.6 Å². The van der Waals surface area contributed by atoms with Crippen LogP contribution in [0.3, 0.4) is 0 Å². The molecule has 0 bridgehead atoms. The minimum Gasteiger partial charge on any atom is -0.493 e. The molecule has 5 rings (SSSR count). The summed E-state index contributed by atoms with van der Waals surface area (Å²) < 4.78 is 22.5. The van der Waals surface area contributed by atoms with Crippen molar-refractivity contribution in [1.82, 2.24) is 4.90 Å². The van der Waals surface area contributed by atoms with Crippen molar-refractivity contribution in [2.75, 3.05) is 20.8 Å². The van der Waals surface area contributed by atoms with Gasteiger partial charge in [0.25, 0.3) is 0 Å². The van der Waals surface area contributed by atoms with Crippen molar-refractivity contribution in [1.29, 1.82) is 0 Å². The predicted octanol–water partition coefficient (Wildman–Crippen LogP) is 5.56. The molecule has 0 amide bonds. The van der Waals surface area contributed by atoms with E-state index in [0.717, 1.165) is 54.1 Å². The second-order valence-electron chi connectivity index (χ2n) is 9.34. The summed E-state index contributed by atoms with van der Waals surface area (Å²) in [5, 5.41) is 0.931. The molecule has 186 valence electrons. The van der Waals surface area contributed by atoms with Crippen LogP contribution in [0.4, 0.5) is 0 Å². The molecule has 0 N–H and O–H groups in total. The Morgan fingerprint density at radius 3 is 2.42 bits per heavy atom. The van der Waals surface area contributed by atoms with Crippen LogP contribution >= 0.6 is 0 Å². The summed E-state index contributed by atoms with van der Waals surface area (Å²) >= 11 is 0. The van der Waals surface area contributed by atoms with E-state index in [1.165, 1.54) is 16.7 Å². The Hall–Kier alpha value is -3.77. The molecule has 0 spiro atoms. The van der Waals surface area contributed by atoms with Gasteiger partial charge in [-0.2, -0.15) is 0 Å². The second-order valence-corrected chi connectivity index (χ2v) is 9.34. The first-order valence-electron chi connectivity index (χ1n) is 12.2. The van der Waals surface area contributed by atoms with Crippen LogP contribution in [0.2, 0.25) is 0 Å². The number of aryl methyl sites for hydroxylation is 1. The van der Waals surface area contributed by atoms with Gasteiger partial charge >= 0.3 is 5.63 Å². The summed E-state index contributed by atoms with van der Waals surface area (Å²) in [7, 11) is 3.35. The maximum absolute atomic E-state index is 12.1. The zero-order chi connectivity index (χ0) is 25.2. The molecular formula is C30H31NO5. The molecule has 1 aliphatic heterocycles. The third kappa shape index (κ3) is 4.82. The number of benzene rings is 3. The average molecular weight is 486 g/mol. The van der Waals surface area contributed by atoms with Crippen LogP contribution in [0.5, 0.6) is 17.2 Å². The number of fused-ring (bicyclic) bond motifs is 2. The lowest BCUT2D eigenvalue weighted by Gasteiger charge is -2.29. The Labute approximate surface area is 211 Å². The lowest BCUT2D eigenvalue weighted by Crippen LogP contribution is -2.30. The smallest absolute Gasteiger partial charge is 0.339 e. The van der Waals surface area contributed by atoms with Gasteiger partial charge in [-0.1, -0.05) is 24.3 Å². The molecule has 0 radical (unpaired) electrons. The van der Waals surface area contributed by atoms with Gasteiger partial charge in [0.05, 0.1) is 14.2 Å². The van der Waals surface area contributed by atoms with Crippen molar-refractivity contribution in [2.45, 2.75) is 40.0 Å². The first-order valence-corrected chi connectivity index (χ1v) is 12.2. The SMILES string of the molecule is COc1cc2c(cc1OC)CN(Cc1cccc(COc3ccc4c(C)c(C)c(=O)oc4c3)c1)CC2. The maximum atomic E-state index is 12.1. The van der Waals surface area contributed by atoms with E-state index in [1.54, 1.807) is 27.2 Å². The molecule has 0 unspecified atom stereocenters. The van der Waals surface area contributed by atoms with Crippen molar-refractivity contribution in [3.8, 4) is 17.2 Å². The Balaban J connectivity index is 1.26. The zero-order valence-electron chi connectivity index (χ0n) is 21.2. The Kier molecular flexibility index (Phi) is 6.70. The van der Waals surface area contributed by atoms with Gasteiger partial charge in [0.1, 0.15) is 17.9 Å². The molecule has 3 aromatic carbocycles. The lowest BCUT2D eigenvalue weighted by molar-refractivity contribution is 0.243. The molecule has 2 heterocycles. The highest BCUT2D eigenvalue weighted by Gasteiger charge is 2.19. The van der Waals surface area contributed by atoms with Crippen LogP contribution in [0.1, 0.15) is 33.4 Å². The Bertz CT molecular complexity index is 1470. The van der Waals surface area contributed by atoms with Crippen LogP contribution < -0.4 is 19.8 Å². The Morgan fingerprint density at radius 2 is 1.64 bits per heavy atom. The van der Waals surface area contributed by atoms with E-state index in [2.05, 4.69) is 41.3 Å². The summed E-state index contributed by atoms with van der Waals surface area (Å²) in [5.41, 5.74) is 6.78. The van der Waals surface area contributed by atoms with Gasteiger partial charge in [0.15, 0.2) is 11.5 Å². The fraction of sp³-hybridized carbons (Fsp3) is 0.300. The van der Waals surface area contributed by atoms with Gasteiger partial charge in [-0.05, 0) is 72.4 Å². The van der Waals surface area contributed by atoms with E-state index in [9.17, 15) is 4.79 Å². The largest absolute Gasteiger partial charge is 0.493 e. The molecule has 1 aliphatic rings. The Morgan fingerprint density at radius 1 is 0.889 bits per heavy atom. The molecule has 1 aromatic heterocycles. The number of hydrogen-bond donors (Lipinski definition) is 0. The zero-order valence-corrected chi connectivity index (χ0v) is 21.2. The second kappa shape index (κ2) is 10.1. The van der Waals surface area contributed by atoms with Crippen LogP contribution in [0.15, 0.2) is 63.8 Å². The van der Waals surface area contributed by atoms with Crippen LogP contribution in [-0.4, -0.2) is 25.7 Å². The number of hydrogen-bond acceptors (Lipinski definition) is 6. The number of methoxy groups -OCH3 is 2. The van der Waals surface area contributed by atoms with Gasteiger partial charge in [0.2, 0.25) is 0 Å². The first kappa shape index (κ1) is 23.9. The maximum Gasteiger partial charge on any atom is 0.339 e. The quantitative estimate of drug-likeness (QED) is 0.319. The average Bonchev–Trinajstić information content (AvgIpc) is 2.90. The highest BCUT2D eigenvalue weighted by Crippen LogP contribution is 2.33. The van der Waals surface area contributed by atoms with Gasteiger partial charge in [-0.15, -0.1) is 0 Å². The molecular weight excluding hydrogens is 454 g/mol. The topological polar surface area (TPSA) is 61.1 Å². The van der Waals surface area contributed by atoms with E-state index in [1.807, 2.05) is 19.1 Å². The highest BCUT2D eigenvalue weighted by molar-refractivity contribution is 5.82. The van der Waals surface area contributed by atoms with E-state index in [4.69, 9.17) is 18.6 Å². The molecule has 0 saturated carbocycles. The van der Waals surface area contributed by atoms with Crippen molar-refractivity contribution in [3.05, 3.63) is 98.4 Å². The summed E-state index contributed by atoms with van der Waals surface area (Å²) in [6.07, 6.45) is 0.982. The molecule has 0 fully saturated rings. The monoisotopic (exact) mass is 485 g/mol. The number of rotatable bonds is 7.